The van der Waals surface area contributed by atoms with Crippen LogP contribution >= 0.6 is 0 Å². The maximum absolute atomic E-state index is 13.1. The van der Waals surface area contributed by atoms with Crippen LogP contribution in [0.2, 0.25) is 0 Å². The summed E-state index contributed by atoms with van der Waals surface area (Å²) in [6.07, 6.45) is 2.94. The van der Waals surface area contributed by atoms with Crippen LogP contribution in [0.1, 0.15) is 24.1 Å². The van der Waals surface area contributed by atoms with E-state index in [1.807, 2.05) is 13.0 Å². The van der Waals surface area contributed by atoms with E-state index >= 15 is 0 Å². The van der Waals surface area contributed by atoms with Crippen LogP contribution in [0.15, 0.2) is 48.5 Å². The summed E-state index contributed by atoms with van der Waals surface area (Å²) in [6, 6.07) is 11.2. The van der Waals surface area contributed by atoms with Crippen molar-refractivity contribution in [1.82, 2.24) is 5.32 Å². The van der Waals surface area contributed by atoms with E-state index in [2.05, 4.69) is 5.32 Å². The van der Waals surface area contributed by atoms with Crippen molar-refractivity contribution in [2.75, 3.05) is 14.2 Å². The van der Waals surface area contributed by atoms with Gasteiger partial charge in [0.05, 0.1) is 20.3 Å². The molecule has 24 heavy (non-hydrogen) atoms. The van der Waals surface area contributed by atoms with E-state index in [-0.39, 0.29) is 17.8 Å². The van der Waals surface area contributed by atoms with Crippen LogP contribution in [0.5, 0.6) is 11.5 Å². The van der Waals surface area contributed by atoms with E-state index in [1.54, 1.807) is 44.6 Å². The van der Waals surface area contributed by atoms with Crippen LogP contribution in [0, 0.1) is 5.82 Å². The van der Waals surface area contributed by atoms with Crippen molar-refractivity contribution in [3.8, 4) is 11.5 Å². The van der Waals surface area contributed by atoms with Crippen molar-refractivity contribution >= 4 is 12.0 Å². The number of rotatable bonds is 6. The molecule has 5 heteroatoms. The zero-order valence-electron chi connectivity index (χ0n) is 13.9. The number of carbonyl (C=O) groups is 1. The third-order valence-electron chi connectivity index (χ3n) is 3.54. The first-order valence-electron chi connectivity index (χ1n) is 7.49. The van der Waals surface area contributed by atoms with Gasteiger partial charge in [0.25, 0.3) is 0 Å². The molecule has 0 saturated heterocycles. The van der Waals surface area contributed by atoms with Gasteiger partial charge >= 0.3 is 0 Å². The van der Waals surface area contributed by atoms with Gasteiger partial charge in [-0.25, -0.2) is 4.39 Å². The lowest BCUT2D eigenvalue weighted by atomic mass is 10.1. The molecule has 0 radical (unpaired) electrons. The van der Waals surface area contributed by atoms with Gasteiger partial charge < -0.3 is 14.8 Å². The molecule has 0 heterocycles. The molecule has 0 aliphatic rings. The van der Waals surface area contributed by atoms with Crippen LogP contribution in [-0.4, -0.2) is 20.1 Å². The summed E-state index contributed by atoms with van der Waals surface area (Å²) in [5, 5.41) is 2.85. The molecule has 2 aromatic rings. The molecule has 0 fully saturated rings. The third kappa shape index (κ3) is 4.59. The topological polar surface area (TPSA) is 47.6 Å². The van der Waals surface area contributed by atoms with Gasteiger partial charge in [-0.2, -0.15) is 0 Å². The number of methoxy groups -OCH3 is 2. The monoisotopic (exact) mass is 329 g/mol. The van der Waals surface area contributed by atoms with Crippen molar-refractivity contribution in [1.29, 1.82) is 0 Å². The first-order chi connectivity index (χ1) is 11.5. The van der Waals surface area contributed by atoms with E-state index in [9.17, 15) is 9.18 Å². The minimum Gasteiger partial charge on any atom is -0.497 e. The fourth-order valence-corrected chi connectivity index (χ4v) is 2.30. The van der Waals surface area contributed by atoms with Crippen molar-refractivity contribution in [2.45, 2.75) is 13.0 Å². The normalized spacial score (nSPS) is 12.0. The van der Waals surface area contributed by atoms with Gasteiger partial charge in [-0.3, -0.25) is 4.79 Å². The number of halogens is 1. The molecule has 1 amide bonds. The molecule has 0 aromatic heterocycles. The Hall–Kier alpha value is -2.82. The first kappa shape index (κ1) is 17.5. The highest BCUT2D eigenvalue weighted by Crippen LogP contribution is 2.29. The van der Waals surface area contributed by atoms with Crippen LogP contribution < -0.4 is 14.8 Å². The Morgan fingerprint density at radius 3 is 2.62 bits per heavy atom. The molecule has 1 N–H and O–H groups in total. The fraction of sp³-hybridized carbons (Fsp3) is 0.211. The van der Waals surface area contributed by atoms with Crippen molar-refractivity contribution in [3.63, 3.8) is 0 Å². The number of hydrogen-bond donors (Lipinski definition) is 1. The number of nitrogens with one attached hydrogen (secondary N) is 1. The van der Waals surface area contributed by atoms with Gasteiger partial charge in [-0.15, -0.1) is 0 Å². The number of benzene rings is 2. The lowest BCUT2D eigenvalue weighted by molar-refractivity contribution is -0.117. The minimum atomic E-state index is -0.341. The van der Waals surface area contributed by atoms with Gasteiger partial charge in [0.2, 0.25) is 5.91 Å². The van der Waals surface area contributed by atoms with E-state index in [0.29, 0.717) is 17.1 Å². The molecule has 0 aliphatic heterocycles. The Morgan fingerprint density at radius 1 is 1.17 bits per heavy atom. The van der Waals surface area contributed by atoms with E-state index in [0.717, 1.165) is 5.56 Å². The Bertz CT molecular complexity index is 743. The second kappa shape index (κ2) is 8.15. The molecule has 2 aromatic carbocycles. The van der Waals surface area contributed by atoms with Gasteiger partial charge in [0.1, 0.15) is 17.3 Å². The van der Waals surface area contributed by atoms with Gasteiger partial charge in [-0.05, 0) is 48.9 Å². The summed E-state index contributed by atoms with van der Waals surface area (Å²) in [6.45, 7) is 1.85. The van der Waals surface area contributed by atoms with Crippen molar-refractivity contribution in [3.05, 3.63) is 65.5 Å². The summed E-state index contributed by atoms with van der Waals surface area (Å²) >= 11 is 0. The van der Waals surface area contributed by atoms with Crippen LogP contribution in [0.3, 0.4) is 0 Å². The average Bonchev–Trinajstić information content (AvgIpc) is 2.59. The number of amides is 1. The first-order valence-corrected chi connectivity index (χ1v) is 7.49. The fourth-order valence-electron chi connectivity index (χ4n) is 2.30. The van der Waals surface area contributed by atoms with Crippen LogP contribution in [0.4, 0.5) is 4.39 Å². The van der Waals surface area contributed by atoms with E-state index in [4.69, 9.17) is 9.47 Å². The van der Waals surface area contributed by atoms with Gasteiger partial charge in [0.15, 0.2) is 0 Å². The largest absolute Gasteiger partial charge is 0.497 e. The number of hydrogen-bond acceptors (Lipinski definition) is 3. The zero-order valence-corrected chi connectivity index (χ0v) is 13.9. The highest BCUT2D eigenvalue weighted by Gasteiger charge is 2.14. The standard InChI is InChI=1S/C19H20FNO3/c1-13(17-12-16(23-2)8-9-18(17)24-3)21-19(22)10-7-14-5-4-6-15(20)11-14/h4-13H,1-3H3,(H,21,22)/b10-7+/t13-/m1/s1. The average molecular weight is 329 g/mol. The molecule has 4 nitrogen and oxygen atoms in total. The number of ether oxygens (including phenoxy) is 2. The maximum atomic E-state index is 13.1. The summed E-state index contributed by atoms with van der Waals surface area (Å²) in [5.74, 6) is 0.726. The molecule has 0 bridgehead atoms. The zero-order chi connectivity index (χ0) is 17.5. The highest BCUT2D eigenvalue weighted by atomic mass is 19.1. The van der Waals surface area contributed by atoms with Crippen molar-refractivity contribution in [2.24, 2.45) is 0 Å². The lowest BCUT2D eigenvalue weighted by Gasteiger charge is -2.17. The van der Waals surface area contributed by atoms with Gasteiger partial charge in [0, 0.05) is 11.6 Å². The molecule has 2 rings (SSSR count). The molecule has 126 valence electrons. The molecule has 0 unspecified atom stereocenters. The quantitative estimate of drug-likeness (QED) is 0.822. The lowest BCUT2D eigenvalue weighted by Crippen LogP contribution is -2.25. The second-order valence-electron chi connectivity index (χ2n) is 5.23. The smallest absolute Gasteiger partial charge is 0.244 e. The Labute approximate surface area is 140 Å². The summed E-state index contributed by atoms with van der Waals surface area (Å²) in [4.78, 5) is 12.1. The number of carbonyl (C=O) groups excluding carboxylic acids is 1. The van der Waals surface area contributed by atoms with E-state index < -0.39 is 0 Å². The van der Waals surface area contributed by atoms with Crippen LogP contribution in [-0.2, 0) is 4.79 Å². The second-order valence-corrected chi connectivity index (χ2v) is 5.23. The maximum Gasteiger partial charge on any atom is 0.244 e. The summed E-state index contributed by atoms with van der Waals surface area (Å²) < 4.78 is 23.6. The predicted molar refractivity (Wildman–Crippen MR) is 91.5 cm³/mol. The predicted octanol–water partition coefficient (Wildman–Crippen LogP) is 3.73. The third-order valence-corrected chi connectivity index (χ3v) is 3.54. The van der Waals surface area contributed by atoms with Crippen LogP contribution in [0.25, 0.3) is 6.08 Å². The molecule has 0 saturated carbocycles. The van der Waals surface area contributed by atoms with Gasteiger partial charge in [-0.1, -0.05) is 12.1 Å². The highest BCUT2D eigenvalue weighted by molar-refractivity contribution is 5.92. The Morgan fingerprint density at radius 2 is 1.96 bits per heavy atom. The molecular weight excluding hydrogens is 309 g/mol. The molecule has 0 aliphatic carbocycles. The SMILES string of the molecule is COc1ccc(OC)c([C@@H](C)NC(=O)/C=C/c2cccc(F)c2)c1. The molecular formula is C19H20FNO3. The summed E-state index contributed by atoms with van der Waals surface area (Å²) in [7, 11) is 3.15. The Balaban J connectivity index is 2.08. The molecule has 0 spiro atoms. The minimum absolute atomic E-state index is 0.278. The van der Waals surface area contributed by atoms with E-state index in [1.165, 1.54) is 18.2 Å². The summed E-state index contributed by atoms with van der Waals surface area (Å²) in [5.41, 5.74) is 1.43. The molecule has 1 atom stereocenters. The Kier molecular flexibility index (Phi) is 5.95. The van der Waals surface area contributed by atoms with Crippen molar-refractivity contribution < 1.29 is 18.7 Å².